The van der Waals surface area contributed by atoms with Crippen molar-refractivity contribution in [3.05, 3.63) is 0 Å². The summed E-state index contributed by atoms with van der Waals surface area (Å²) in [5.41, 5.74) is 0. The summed E-state index contributed by atoms with van der Waals surface area (Å²) in [6.07, 6.45) is 13.2. The molecule has 7 amide bonds. The third-order valence-corrected chi connectivity index (χ3v) is 18.4. The Morgan fingerprint density at radius 3 is 0.616 bits per heavy atom. The number of rotatable bonds is 68. The maximum Gasteiger partial charge on any atom is 1.00 e. The molecule has 0 spiro atoms. The number of nitrogens with zero attached hydrogens (tertiary/aromatic N) is 13. The second-order valence-electron chi connectivity index (χ2n) is 28.9. The number of imide groups is 3. The van der Waals surface area contributed by atoms with Crippen molar-refractivity contribution in [3.8, 4) is 0 Å². The number of hydrogen-bond donors (Lipinski definition) is 12. The molecule has 700 valence electrons. The van der Waals surface area contributed by atoms with E-state index in [4.69, 9.17) is 0 Å². The fraction of sp³-hybridized carbons (Fsp3) is 0.736. The summed E-state index contributed by atoms with van der Waals surface area (Å²) in [6, 6.07) is 0. The smallest absolute Gasteiger partial charge is 0.549 e. The molecule has 1 aliphatic heterocycles. The summed E-state index contributed by atoms with van der Waals surface area (Å²) in [4.78, 5) is 254. The van der Waals surface area contributed by atoms with Crippen LogP contribution in [-0.2, 0) is 91.1 Å². The van der Waals surface area contributed by atoms with Crippen molar-refractivity contribution in [3.63, 3.8) is 0 Å². The normalized spacial score (nSPS) is 12.7. The summed E-state index contributed by atoms with van der Waals surface area (Å²) in [6.45, 7) is -16.8. The van der Waals surface area contributed by atoms with E-state index in [2.05, 4.69) is 22.9 Å². The van der Waals surface area contributed by atoms with Gasteiger partial charge >= 0.3 is 142 Å². The molecule has 0 aromatic rings. The van der Waals surface area contributed by atoms with Gasteiger partial charge in [-0.05, 0) is 6.42 Å². The van der Waals surface area contributed by atoms with Crippen LogP contribution in [0.2, 0.25) is 0 Å². The van der Waals surface area contributed by atoms with Gasteiger partial charge in [0, 0.05) is 277 Å². The van der Waals surface area contributed by atoms with E-state index in [0.29, 0.717) is 12.8 Å². The van der Waals surface area contributed by atoms with Gasteiger partial charge in [-0.2, -0.15) is 0 Å². The fourth-order valence-electron chi connectivity index (χ4n) is 12.7. The molecule has 1 rings (SSSR count). The van der Waals surface area contributed by atoms with Crippen molar-refractivity contribution >= 4 is 113 Å². The van der Waals surface area contributed by atoms with E-state index >= 15 is 0 Å². The molecule has 0 radical (unpaired) electrons. The zero-order chi connectivity index (χ0) is 89.4. The van der Waals surface area contributed by atoms with Crippen LogP contribution < -0.4 is 120 Å². The number of aliphatic carboxylic acids is 12. The van der Waals surface area contributed by atoms with Crippen molar-refractivity contribution in [2.45, 2.75) is 96.8 Å². The minimum Gasteiger partial charge on any atom is -0.549 e. The zero-order valence-corrected chi connectivity index (χ0v) is 84.5. The zero-order valence-electron chi connectivity index (χ0n) is 71.7. The average Bonchev–Trinajstić information content (AvgIpc) is 0.878. The van der Waals surface area contributed by atoms with Crippen LogP contribution in [0.4, 0.5) is 0 Å². The standard InChI is InChI=1S/C72H122N16O31.3Gd.3Na/c1-2-3-4-5-6-7-8-9-10-11-12-13-14-15-60(95)88-34-32-80(40-58(93)74-56(91)38-78(22-28-84(46-65(104)105)47-66(106)107)23-29-85(48-67(108)109)49-68(110)111)18-16-76(36-54(89)73-55(90)37-77(20-26-82(42-61(96)97)43-62(98)99)21-27-83(44-63(100)101)45-64(102)103)17-19-81(33-35-88)41-59(94)75-57(92)39-79(24-30-86(50-69(112)113)51-70(114)115)25-31-87(52-71(116)117)53-72(118)119;;;;;;/h2-53H2,1H3,(H,96,97)(H,98,99)(H,100,101)(H,102,103)(H,104,105)(H,106,107)(H,108,109)(H,110,111)(H,112,113)(H,114,115)(H,116,117)(H,118,119)(H,73,89,90)(H,74,91,93)(H,75,92,94);;;;;;/q;;;;3*+1/p-3. The minimum atomic E-state index is -1.67. The predicted octanol–water partition coefficient (Wildman–Crippen LogP) is -19.1. The number of carboxylic acid groups (broad SMARTS) is 12. The molecule has 0 saturated carbocycles. The van der Waals surface area contributed by atoms with Crippen molar-refractivity contribution in [2.24, 2.45) is 0 Å². The molecule has 1 fully saturated rings. The molecule has 47 nitrogen and oxygen atoms in total. The summed E-state index contributed by atoms with van der Waals surface area (Å²) in [5.74, 6) is -24.1. The minimum absolute atomic E-state index is 0. The molecule has 12 N–H and O–H groups in total. The van der Waals surface area contributed by atoms with Gasteiger partial charge in [0.25, 0.3) is 0 Å². The van der Waals surface area contributed by atoms with Crippen LogP contribution in [0.5, 0.6) is 0 Å². The van der Waals surface area contributed by atoms with E-state index < -0.39 is 225 Å². The summed E-state index contributed by atoms with van der Waals surface area (Å²) in [7, 11) is 0. The summed E-state index contributed by atoms with van der Waals surface area (Å²) < 4.78 is 0. The van der Waals surface area contributed by atoms with Crippen molar-refractivity contribution in [1.29, 1.82) is 0 Å². The van der Waals surface area contributed by atoms with Crippen LogP contribution in [-0.4, -0.2) is 471 Å². The van der Waals surface area contributed by atoms with Gasteiger partial charge in [-0.1, -0.05) is 84.0 Å². The first-order valence-electron chi connectivity index (χ1n) is 39.2. The first-order valence-corrected chi connectivity index (χ1v) is 39.2. The largest absolute Gasteiger partial charge is 1.00 e. The van der Waals surface area contributed by atoms with Crippen LogP contribution in [0, 0.1) is 120 Å². The molecule has 1 heterocycles. The van der Waals surface area contributed by atoms with Crippen LogP contribution in [0.25, 0.3) is 0 Å². The Morgan fingerprint density at radius 1 is 0.248 bits per heavy atom. The molecule has 0 unspecified atom stereocenters. The molecule has 1 aliphatic rings. The molecule has 1 saturated heterocycles. The Hall–Kier alpha value is -2.98. The number of amides is 7. The number of carbonyl (C=O) groups excluding carboxylic acids is 10. The van der Waals surface area contributed by atoms with E-state index in [-0.39, 0.29) is 352 Å². The second kappa shape index (κ2) is 79.6. The molecule has 0 bridgehead atoms. The number of carboxylic acids is 12. The van der Waals surface area contributed by atoms with Crippen LogP contribution >= 0.6 is 0 Å². The number of unbranched alkanes of at least 4 members (excludes halogenated alkanes) is 12. The Labute approximate surface area is 888 Å². The van der Waals surface area contributed by atoms with Gasteiger partial charge in [-0.3, -0.25) is 151 Å². The van der Waals surface area contributed by atoms with E-state index in [1.165, 1.54) is 60.0 Å². The van der Waals surface area contributed by atoms with E-state index in [1.54, 1.807) is 0 Å². The van der Waals surface area contributed by atoms with Crippen molar-refractivity contribution in [1.82, 2.24) is 79.6 Å². The molecular weight excluding hydrogens is 2130 g/mol. The van der Waals surface area contributed by atoms with Crippen molar-refractivity contribution < 1.29 is 361 Å². The first-order chi connectivity index (χ1) is 56.2. The van der Waals surface area contributed by atoms with Gasteiger partial charge < -0.3 is 80.6 Å². The maximum absolute atomic E-state index is 14.5. The van der Waals surface area contributed by atoms with Gasteiger partial charge in [0.05, 0.1) is 116 Å². The molecule has 0 aromatic carbocycles. The van der Waals surface area contributed by atoms with E-state index in [1.807, 2.05) is 0 Å². The fourth-order valence-corrected chi connectivity index (χ4v) is 12.7. The Morgan fingerprint density at radius 2 is 0.424 bits per heavy atom. The molecule has 0 atom stereocenters. The monoisotopic (exact) mass is 2250 g/mol. The number of carbonyl (C=O) groups is 19. The molecule has 0 aromatic heterocycles. The molecule has 125 heavy (non-hydrogen) atoms. The van der Waals surface area contributed by atoms with E-state index in [0.717, 1.165) is 74.3 Å². The molecule has 0 aliphatic carbocycles. The second-order valence-corrected chi connectivity index (χ2v) is 28.9. The van der Waals surface area contributed by atoms with Gasteiger partial charge in [-0.25, -0.2) is 0 Å². The third-order valence-electron chi connectivity index (χ3n) is 18.4. The summed E-state index contributed by atoms with van der Waals surface area (Å²) >= 11 is 0. The summed E-state index contributed by atoms with van der Waals surface area (Å²) in [5, 5.41) is 127. The van der Waals surface area contributed by atoms with E-state index in [9.17, 15) is 152 Å². The van der Waals surface area contributed by atoms with Gasteiger partial charge in [0.2, 0.25) is 41.4 Å². The van der Waals surface area contributed by atoms with Crippen molar-refractivity contribution in [2.75, 3.05) is 249 Å². The van der Waals surface area contributed by atoms with Gasteiger partial charge in [0.15, 0.2) is 0 Å². The molecule has 53 heteroatoms. The SMILES string of the molecule is CCCCCCCCCCCCCCCC(=O)N1CCN(CC(=O)NC(=O)CN(CCN(CC(=O)[O-])CC(=O)O)CCN(CC(=O)O)CC(=O)O)CCN(CC(=O)NC(=O)CN(CCN(CC(=O)[O-])CC(=O)O)CCN(CC(=O)O)CC(=O)O)CCN(CC(=O)NC(=O)CN(CCN(CC(=O)[O-])CC(=O)O)CCN(CC(=O)O)CC(=O)O)CC1.[Gd].[Gd].[Gd].[Na+].[Na+].[Na+]. The third kappa shape index (κ3) is 76.2. The van der Waals surface area contributed by atoms with Crippen LogP contribution in [0.3, 0.4) is 0 Å². The Bertz CT molecular complexity index is 2980. The van der Waals surface area contributed by atoms with Crippen LogP contribution in [0.15, 0.2) is 0 Å². The Kier molecular flexibility index (Phi) is 84.5. The predicted molar refractivity (Wildman–Crippen MR) is 407 cm³/mol. The van der Waals surface area contributed by atoms with Crippen LogP contribution in [0.1, 0.15) is 96.8 Å². The first kappa shape index (κ1) is 133. The topological polar surface area (TPSA) is 654 Å². The number of nitrogens with one attached hydrogen (secondary N) is 3. The van der Waals surface area contributed by atoms with Gasteiger partial charge in [0.1, 0.15) is 0 Å². The number of hydrogen-bond acceptors (Lipinski definition) is 34. The molecular formula is C72H119Gd3N16Na3O31. The average molecular weight is 2250 g/mol. The maximum atomic E-state index is 14.5. The van der Waals surface area contributed by atoms with Gasteiger partial charge in [-0.15, -0.1) is 0 Å². The Balaban J connectivity index is -0.00000590. The quantitative estimate of drug-likeness (QED) is 0.0199.